The van der Waals surface area contributed by atoms with Crippen LogP contribution in [-0.2, 0) is 6.61 Å². The lowest BCUT2D eigenvalue weighted by Gasteiger charge is -2.14. The molecule has 27 heavy (non-hydrogen) atoms. The summed E-state index contributed by atoms with van der Waals surface area (Å²) in [5.41, 5.74) is 2.28. The molecule has 0 saturated heterocycles. The predicted molar refractivity (Wildman–Crippen MR) is 110 cm³/mol. The fourth-order valence-electron chi connectivity index (χ4n) is 2.64. The van der Waals surface area contributed by atoms with Crippen molar-refractivity contribution in [3.05, 3.63) is 84.2 Å². The van der Waals surface area contributed by atoms with Gasteiger partial charge < -0.3 is 9.72 Å². The maximum Gasteiger partial charge on any atom is 0.266 e. The maximum atomic E-state index is 12.2. The summed E-state index contributed by atoms with van der Waals surface area (Å²) >= 11 is 15.4. The molecule has 0 saturated carbocycles. The second kappa shape index (κ2) is 8.18. The molecule has 0 aliphatic carbocycles. The maximum absolute atomic E-state index is 12.2. The van der Waals surface area contributed by atoms with Gasteiger partial charge in [-0.05, 0) is 48.9 Å². The van der Waals surface area contributed by atoms with Crippen molar-refractivity contribution in [3.8, 4) is 22.9 Å². The van der Waals surface area contributed by atoms with E-state index >= 15 is 0 Å². The molecule has 1 N–H and O–H groups in total. The predicted octanol–water partition coefficient (Wildman–Crippen LogP) is 5.87. The Morgan fingerprint density at radius 2 is 1.89 bits per heavy atom. The number of pyridine rings is 1. The van der Waals surface area contributed by atoms with E-state index in [9.17, 15) is 10.1 Å². The fourth-order valence-corrected chi connectivity index (χ4v) is 3.32. The topological polar surface area (TPSA) is 65.9 Å². The van der Waals surface area contributed by atoms with Gasteiger partial charge >= 0.3 is 0 Å². The Balaban J connectivity index is 2.03. The molecule has 0 spiro atoms. The molecule has 0 radical (unpaired) electrons. The molecular weight excluding hydrogens is 451 g/mol. The zero-order valence-corrected chi connectivity index (χ0v) is 17.2. The Kier molecular flexibility index (Phi) is 5.91. The van der Waals surface area contributed by atoms with Gasteiger partial charge in [0.1, 0.15) is 24.0 Å². The minimum atomic E-state index is -0.428. The summed E-state index contributed by atoms with van der Waals surface area (Å²) in [5, 5.41) is 10.4. The van der Waals surface area contributed by atoms with Crippen molar-refractivity contribution in [2.75, 3.05) is 0 Å². The first-order valence-electron chi connectivity index (χ1n) is 7.89. The molecule has 0 bridgehead atoms. The normalized spacial score (nSPS) is 10.5. The molecule has 4 nitrogen and oxygen atoms in total. The second-order valence-corrected chi connectivity index (χ2v) is 7.59. The van der Waals surface area contributed by atoms with Crippen LogP contribution in [0.3, 0.4) is 0 Å². The number of nitriles is 1. The Morgan fingerprint density at radius 3 is 2.59 bits per heavy atom. The lowest BCUT2D eigenvalue weighted by molar-refractivity contribution is 0.307. The number of aryl methyl sites for hydroxylation is 1. The summed E-state index contributed by atoms with van der Waals surface area (Å²) in [4.78, 5) is 14.8. The van der Waals surface area contributed by atoms with Crippen molar-refractivity contribution < 1.29 is 4.74 Å². The Labute approximate surface area is 174 Å². The van der Waals surface area contributed by atoms with Gasteiger partial charge in [-0.3, -0.25) is 4.79 Å². The van der Waals surface area contributed by atoms with Crippen LogP contribution in [0.25, 0.3) is 11.1 Å². The summed E-state index contributed by atoms with van der Waals surface area (Å²) in [6, 6.07) is 14.4. The van der Waals surface area contributed by atoms with E-state index in [-0.39, 0.29) is 12.2 Å². The van der Waals surface area contributed by atoms with Crippen molar-refractivity contribution in [3.63, 3.8) is 0 Å². The van der Waals surface area contributed by atoms with Crippen LogP contribution in [0.15, 0.2) is 51.7 Å². The van der Waals surface area contributed by atoms with Crippen LogP contribution in [0.2, 0.25) is 10.0 Å². The van der Waals surface area contributed by atoms with E-state index in [4.69, 9.17) is 27.9 Å². The number of aromatic nitrogens is 1. The molecule has 136 valence electrons. The van der Waals surface area contributed by atoms with E-state index < -0.39 is 5.56 Å². The van der Waals surface area contributed by atoms with Gasteiger partial charge in [0.25, 0.3) is 5.56 Å². The van der Waals surface area contributed by atoms with Gasteiger partial charge in [0.15, 0.2) is 0 Å². The molecule has 1 aromatic heterocycles. The third kappa shape index (κ3) is 4.36. The highest BCUT2D eigenvalue weighted by Crippen LogP contribution is 2.35. The van der Waals surface area contributed by atoms with Crippen LogP contribution < -0.4 is 10.3 Å². The third-order valence-corrected chi connectivity index (χ3v) is 5.12. The minimum absolute atomic E-state index is 0.0399. The molecule has 3 rings (SSSR count). The zero-order valence-electron chi connectivity index (χ0n) is 14.1. The highest BCUT2D eigenvalue weighted by atomic mass is 79.9. The van der Waals surface area contributed by atoms with E-state index in [2.05, 4.69) is 20.9 Å². The lowest BCUT2D eigenvalue weighted by atomic mass is 10.00. The quantitative estimate of drug-likeness (QED) is 0.526. The SMILES string of the molecule is Cc1cc(-c2cc(Br)ccc2OCc2ccc(Cl)c(Cl)c2)c(C#N)c(=O)[nH]1. The summed E-state index contributed by atoms with van der Waals surface area (Å²) in [7, 11) is 0. The van der Waals surface area contributed by atoms with E-state index in [0.29, 0.717) is 32.6 Å². The Morgan fingerprint density at radius 1 is 1.11 bits per heavy atom. The smallest absolute Gasteiger partial charge is 0.266 e. The first-order chi connectivity index (χ1) is 12.9. The molecular formula is C20H13BrCl2N2O2. The number of aromatic amines is 1. The van der Waals surface area contributed by atoms with E-state index in [0.717, 1.165) is 10.0 Å². The molecule has 7 heteroatoms. The van der Waals surface area contributed by atoms with Crippen molar-refractivity contribution in [2.24, 2.45) is 0 Å². The molecule has 0 atom stereocenters. The molecule has 0 aliphatic heterocycles. The number of benzene rings is 2. The monoisotopic (exact) mass is 462 g/mol. The zero-order chi connectivity index (χ0) is 19.6. The number of rotatable bonds is 4. The van der Waals surface area contributed by atoms with Crippen molar-refractivity contribution in [2.45, 2.75) is 13.5 Å². The molecule has 2 aromatic carbocycles. The van der Waals surface area contributed by atoms with Crippen molar-refractivity contribution >= 4 is 39.1 Å². The van der Waals surface area contributed by atoms with Gasteiger partial charge in [-0.25, -0.2) is 0 Å². The number of nitrogens with one attached hydrogen (secondary N) is 1. The lowest BCUT2D eigenvalue weighted by Crippen LogP contribution is -2.13. The molecule has 0 unspecified atom stereocenters. The number of hydrogen-bond donors (Lipinski definition) is 1. The molecule has 0 aliphatic rings. The van der Waals surface area contributed by atoms with Gasteiger partial charge in [-0.2, -0.15) is 5.26 Å². The van der Waals surface area contributed by atoms with Crippen LogP contribution in [0, 0.1) is 18.3 Å². The summed E-state index contributed by atoms with van der Waals surface area (Å²) < 4.78 is 6.77. The first-order valence-corrected chi connectivity index (χ1v) is 9.44. The largest absolute Gasteiger partial charge is 0.488 e. The molecule has 0 fully saturated rings. The number of ether oxygens (including phenoxy) is 1. The first kappa shape index (κ1) is 19.5. The average molecular weight is 464 g/mol. The van der Waals surface area contributed by atoms with Crippen LogP contribution in [0.5, 0.6) is 5.75 Å². The molecule has 0 amide bonds. The van der Waals surface area contributed by atoms with Gasteiger partial charge in [-0.1, -0.05) is 45.2 Å². The summed E-state index contributed by atoms with van der Waals surface area (Å²) in [6.07, 6.45) is 0. The number of H-pyrrole nitrogens is 1. The van der Waals surface area contributed by atoms with Gasteiger partial charge in [0.2, 0.25) is 0 Å². The number of halogens is 3. The van der Waals surface area contributed by atoms with Crippen molar-refractivity contribution in [1.82, 2.24) is 4.98 Å². The number of hydrogen-bond acceptors (Lipinski definition) is 3. The summed E-state index contributed by atoms with van der Waals surface area (Å²) in [5.74, 6) is 0.547. The molecule has 1 heterocycles. The highest BCUT2D eigenvalue weighted by Gasteiger charge is 2.15. The molecule has 3 aromatic rings. The van der Waals surface area contributed by atoms with Crippen LogP contribution in [0.4, 0.5) is 0 Å². The van der Waals surface area contributed by atoms with E-state index in [1.54, 1.807) is 31.2 Å². The third-order valence-electron chi connectivity index (χ3n) is 3.89. The standard InChI is InChI=1S/C20H13BrCl2N2O2/c1-11-6-14(16(9-24)20(26)25-11)15-8-13(21)3-5-19(15)27-10-12-2-4-17(22)18(23)7-12/h2-8H,10H2,1H3,(H,25,26). The van der Waals surface area contributed by atoms with Crippen LogP contribution >= 0.6 is 39.1 Å². The average Bonchev–Trinajstić information content (AvgIpc) is 2.63. The van der Waals surface area contributed by atoms with Crippen LogP contribution in [0.1, 0.15) is 16.8 Å². The number of nitrogens with zero attached hydrogens (tertiary/aromatic N) is 1. The minimum Gasteiger partial charge on any atom is -0.488 e. The summed E-state index contributed by atoms with van der Waals surface area (Å²) in [6.45, 7) is 2.02. The Bertz CT molecular complexity index is 1120. The van der Waals surface area contributed by atoms with E-state index in [1.807, 2.05) is 24.3 Å². The van der Waals surface area contributed by atoms with Gasteiger partial charge in [0, 0.05) is 21.3 Å². The van der Waals surface area contributed by atoms with Crippen LogP contribution in [-0.4, -0.2) is 4.98 Å². The highest BCUT2D eigenvalue weighted by molar-refractivity contribution is 9.10. The van der Waals surface area contributed by atoms with Gasteiger partial charge in [0.05, 0.1) is 10.0 Å². The van der Waals surface area contributed by atoms with Crippen molar-refractivity contribution in [1.29, 1.82) is 5.26 Å². The second-order valence-electron chi connectivity index (χ2n) is 5.86. The van der Waals surface area contributed by atoms with E-state index in [1.165, 1.54) is 0 Å². The fraction of sp³-hybridized carbons (Fsp3) is 0.100. The Hall–Kier alpha value is -2.26. The van der Waals surface area contributed by atoms with Gasteiger partial charge in [-0.15, -0.1) is 0 Å².